The number of fused-ring (bicyclic) bond motifs is 1. The molecule has 3 aliphatic heterocycles. The molecule has 5 fully saturated rings. The largest absolute Gasteiger partial charge is 0.462 e. The maximum absolute atomic E-state index is 13.5. The molecule has 3 heterocycles. The lowest BCUT2D eigenvalue weighted by Gasteiger charge is -2.40. The van der Waals surface area contributed by atoms with E-state index in [0.29, 0.717) is 26.1 Å². The van der Waals surface area contributed by atoms with E-state index in [1.807, 2.05) is 0 Å². The van der Waals surface area contributed by atoms with Gasteiger partial charge in [-0.1, -0.05) is 19.3 Å². The van der Waals surface area contributed by atoms with Crippen LogP contribution in [-0.2, 0) is 33.3 Å². The van der Waals surface area contributed by atoms with E-state index >= 15 is 0 Å². The molecule has 27 heavy (non-hydrogen) atoms. The predicted octanol–water partition coefficient (Wildman–Crippen LogP) is 2.11. The van der Waals surface area contributed by atoms with Crippen LogP contribution in [0.1, 0.15) is 57.8 Å². The Balaban J connectivity index is 1.37. The van der Waals surface area contributed by atoms with Crippen molar-refractivity contribution in [2.75, 3.05) is 19.8 Å². The van der Waals surface area contributed by atoms with E-state index in [1.165, 1.54) is 0 Å². The highest BCUT2D eigenvalue weighted by Gasteiger charge is 2.65. The molecule has 0 radical (unpaired) electrons. The van der Waals surface area contributed by atoms with Crippen LogP contribution in [0.4, 0.5) is 0 Å². The van der Waals surface area contributed by atoms with Crippen molar-refractivity contribution in [3.8, 4) is 0 Å². The van der Waals surface area contributed by atoms with Crippen LogP contribution >= 0.6 is 0 Å². The highest BCUT2D eigenvalue weighted by atomic mass is 16.8. The lowest BCUT2D eigenvalue weighted by atomic mass is 9.64. The Hall–Kier alpha value is -1.18. The van der Waals surface area contributed by atoms with Gasteiger partial charge in [-0.15, -0.1) is 0 Å². The molecule has 0 aromatic rings. The molecule has 7 nitrogen and oxygen atoms in total. The van der Waals surface area contributed by atoms with E-state index in [2.05, 4.69) is 0 Å². The van der Waals surface area contributed by atoms with Gasteiger partial charge in [-0.2, -0.15) is 0 Å². The summed E-state index contributed by atoms with van der Waals surface area (Å²) in [4.78, 5) is 26.7. The quantitative estimate of drug-likeness (QED) is 0.379. The molecule has 0 bridgehead atoms. The van der Waals surface area contributed by atoms with Gasteiger partial charge in [0.1, 0.15) is 18.8 Å². The first-order chi connectivity index (χ1) is 13.1. The van der Waals surface area contributed by atoms with E-state index in [4.69, 9.17) is 23.7 Å². The molecular weight excluding hydrogens is 352 g/mol. The van der Waals surface area contributed by atoms with Crippen LogP contribution in [-0.4, -0.2) is 55.9 Å². The van der Waals surface area contributed by atoms with E-state index < -0.39 is 23.1 Å². The third-order valence-electron chi connectivity index (χ3n) is 6.83. The molecule has 6 atom stereocenters. The van der Waals surface area contributed by atoms with Crippen LogP contribution in [0.2, 0.25) is 0 Å². The van der Waals surface area contributed by atoms with Gasteiger partial charge < -0.3 is 23.7 Å². The molecule has 5 rings (SSSR count). The van der Waals surface area contributed by atoms with Gasteiger partial charge in [-0.3, -0.25) is 9.59 Å². The first-order valence-corrected chi connectivity index (χ1v) is 10.4. The van der Waals surface area contributed by atoms with Crippen molar-refractivity contribution in [2.45, 2.75) is 81.9 Å². The van der Waals surface area contributed by atoms with Crippen LogP contribution in [0.5, 0.6) is 0 Å². The lowest BCUT2D eigenvalue weighted by molar-refractivity contribution is -0.191. The Labute approximate surface area is 159 Å². The van der Waals surface area contributed by atoms with Crippen molar-refractivity contribution in [2.24, 2.45) is 11.3 Å². The molecule has 150 valence electrons. The zero-order valence-electron chi connectivity index (χ0n) is 15.7. The highest BCUT2D eigenvalue weighted by molar-refractivity contribution is 6.00. The molecule has 3 saturated heterocycles. The van der Waals surface area contributed by atoms with Gasteiger partial charge in [0, 0.05) is 6.42 Å². The number of ether oxygens (including phenoxy) is 5. The lowest BCUT2D eigenvalue weighted by Crippen LogP contribution is -2.51. The number of hydrogen-bond acceptors (Lipinski definition) is 7. The normalized spacial score (nSPS) is 44.7. The fourth-order valence-electron chi connectivity index (χ4n) is 4.96. The second-order valence-electron chi connectivity index (χ2n) is 8.71. The molecule has 0 amide bonds. The maximum atomic E-state index is 13.5. The van der Waals surface area contributed by atoms with E-state index in [9.17, 15) is 9.59 Å². The van der Waals surface area contributed by atoms with Crippen molar-refractivity contribution >= 4 is 11.9 Å². The van der Waals surface area contributed by atoms with Gasteiger partial charge in [-0.25, -0.2) is 0 Å². The average molecular weight is 380 g/mol. The number of esters is 2. The maximum Gasteiger partial charge on any atom is 0.326 e. The minimum Gasteiger partial charge on any atom is -0.462 e. The number of epoxide rings is 3. The number of rotatable bonds is 7. The van der Waals surface area contributed by atoms with Crippen molar-refractivity contribution in [3.05, 3.63) is 0 Å². The Morgan fingerprint density at radius 1 is 0.926 bits per heavy atom. The molecule has 2 saturated carbocycles. The van der Waals surface area contributed by atoms with Crippen molar-refractivity contribution in [1.29, 1.82) is 0 Å². The summed E-state index contributed by atoms with van der Waals surface area (Å²) in [6.07, 6.45) is 7.69. The molecule has 0 aromatic heterocycles. The molecule has 0 aromatic carbocycles. The summed E-state index contributed by atoms with van der Waals surface area (Å²) in [5.74, 6) is -1.78. The van der Waals surface area contributed by atoms with Crippen molar-refractivity contribution in [3.63, 3.8) is 0 Å². The summed E-state index contributed by atoms with van der Waals surface area (Å²) < 4.78 is 27.8. The number of carbonyl (C=O) groups excluding carboxylic acids is 2. The van der Waals surface area contributed by atoms with Gasteiger partial charge in [0.2, 0.25) is 5.79 Å². The predicted molar refractivity (Wildman–Crippen MR) is 91.6 cm³/mol. The standard InChI is InChI=1S/C20H28O7/c21-17(25-12-15-11-24-15)19(7-3-1-5-13(19)9-14-10-23-14)18(22)27-20-8-4-2-6-16(20)26-20/h13-16H,1-12H2. The zero-order valence-corrected chi connectivity index (χ0v) is 15.7. The topological polar surface area (TPSA) is 90.2 Å². The molecule has 2 aliphatic carbocycles. The van der Waals surface area contributed by atoms with Crippen LogP contribution in [0.25, 0.3) is 0 Å². The second kappa shape index (κ2) is 6.71. The molecular formula is C20H28O7. The smallest absolute Gasteiger partial charge is 0.326 e. The van der Waals surface area contributed by atoms with Crippen LogP contribution in [0.3, 0.4) is 0 Å². The Bertz CT molecular complexity index is 613. The molecule has 7 heteroatoms. The fourth-order valence-corrected chi connectivity index (χ4v) is 4.96. The highest BCUT2D eigenvalue weighted by Crippen LogP contribution is 2.53. The fraction of sp³-hybridized carbons (Fsp3) is 0.900. The van der Waals surface area contributed by atoms with E-state index in [1.54, 1.807) is 0 Å². The average Bonchev–Trinajstić information content (AvgIpc) is 3.52. The first kappa shape index (κ1) is 17.9. The SMILES string of the molecule is O=C(OCC1CO1)C1(C(=O)OC23CCCCC2O3)CCCCC1CC1CO1. The van der Waals surface area contributed by atoms with Gasteiger partial charge in [0.05, 0.1) is 19.3 Å². The van der Waals surface area contributed by atoms with Crippen molar-refractivity contribution < 1.29 is 33.3 Å². The summed E-state index contributed by atoms with van der Waals surface area (Å²) >= 11 is 0. The Morgan fingerprint density at radius 2 is 1.67 bits per heavy atom. The summed E-state index contributed by atoms with van der Waals surface area (Å²) in [7, 11) is 0. The molecule has 6 unspecified atom stereocenters. The monoisotopic (exact) mass is 380 g/mol. The van der Waals surface area contributed by atoms with E-state index in [-0.39, 0.29) is 30.8 Å². The van der Waals surface area contributed by atoms with Gasteiger partial charge in [0.25, 0.3) is 0 Å². The van der Waals surface area contributed by atoms with Gasteiger partial charge in [0.15, 0.2) is 5.41 Å². The van der Waals surface area contributed by atoms with Crippen LogP contribution in [0.15, 0.2) is 0 Å². The van der Waals surface area contributed by atoms with Crippen molar-refractivity contribution in [1.82, 2.24) is 0 Å². The first-order valence-electron chi connectivity index (χ1n) is 10.4. The Kier molecular flexibility index (Phi) is 4.44. The summed E-state index contributed by atoms with van der Waals surface area (Å²) in [6.45, 7) is 1.54. The van der Waals surface area contributed by atoms with Gasteiger partial charge >= 0.3 is 11.9 Å². The molecule has 0 spiro atoms. The van der Waals surface area contributed by atoms with Crippen LogP contribution < -0.4 is 0 Å². The number of carbonyl (C=O) groups is 2. The summed E-state index contributed by atoms with van der Waals surface area (Å²) in [5, 5.41) is 0. The minimum atomic E-state index is -1.23. The molecule has 0 N–H and O–H groups in total. The third kappa shape index (κ3) is 3.38. The van der Waals surface area contributed by atoms with E-state index in [0.717, 1.165) is 44.9 Å². The van der Waals surface area contributed by atoms with Gasteiger partial charge in [-0.05, 0) is 38.0 Å². The third-order valence-corrected chi connectivity index (χ3v) is 6.83. The summed E-state index contributed by atoms with van der Waals surface area (Å²) in [6, 6.07) is 0. The van der Waals surface area contributed by atoms with Crippen LogP contribution in [0, 0.1) is 11.3 Å². The number of hydrogen-bond donors (Lipinski definition) is 0. The second-order valence-corrected chi connectivity index (χ2v) is 8.71. The summed E-state index contributed by atoms with van der Waals surface area (Å²) in [5.41, 5.74) is -1.23. The molecule has 5 aliphatic rings. The zero-order chi connectivity index (χ0) is 18.5. The minimum absolute atomic E-state index is 0.00283. The Morgan fingerprint density at radius 3 is 2.41 bits per heavy atom.